The quantitative estimate of drug-likeness (QED) is 0.762. The van der Waals surface area contributed by atoms with E-state index in [1.165, 1.54) is 0 Å². The number of hydrogen-bond donors (Lipinski definition) is 0. The maximum absolute atomic E-state index is 9.04. The highest BCUT2D eigenvalue weighted by atomic mass is 16.5. The van der Waals surface area contributed by atoms with Crippen LogP contribution < -0.4 is 4.74 Å². The van der Waals surface area contributed by atoms with Gasteiger partial charge < -0.3 is 4.74 Å². The van der Waals surface area contributed by atoms with E-state index in [0.717, 1.165) is 24.3 Å². The molecular formula is C13H18N2O. The van der Waals surface area contributed by atoms with Crippen LogP contribution in [0.2, 0.25) is 0 Å². The molecule has 0 heterocycles. The molecule has 1 aromatic rings. The molecule has 16 heavy (non-hydrogen) atoms. The van der Waals surface area contributed by atoms with Crippen molar-refractivity contribution in [3.8, 4) is 11.8 Å². The molecule has 1 atom stereocenters. The summed E-state index contributed by atoms with van der Waals surface area (Å²) in [5.41, 5.74) is 0.997. The molecule has 3 nitrogen and oxygen atoms in total. The number of benzene rings is 1. The summed E-state index contributed by atoms with van der Waals surface area (Å²) in [6.07, 6.45) is 1.00. The van der Waals surface area contributed by atoms with Crippen molar-refractivity contribution in [1.82, 2.24) is 4.90 Å². The van der Waals surface area contributed by atoms with Gasteiger partial charge in [0.2, 0.25) is 0 Å². The van der Waals surface area contributed by atoms with Crippen molar-refractivity contribution in [3.63, 3.8) is 0 Å². The van der Waals surface area contributed by atoms with Gasteiger partial charge in [-0.15, -0.1) is 0 Å². The lowest BCUT2D eigenvalue weighted by Crippen LogP contribution is -2.18. The Labute approximate surface area is 97.3 Å². The smallest absolute Gasteiger partial charge is 0.123 e. The van der Waals surface area contributed by atoms with E-state index in [0.29, 0.717) is 0 Å². The maximum atomic E-state index is 9.04. The van der Waals surface area contributed by atoms with Gasteiger partial charge in [0.1, 0.15) is 11.8 Å². The summed E-state index contributed by atoms with van der Waals surface area (Å²) in [7, 11) is 3.80. The molecule has 0 spiro atoms. The number of nitriles is 1. The second kappa shape index (κ2) is 6.14. The van der Waals surface area contributed by atoms with Crippen molar-refractivity contribution in [2.24, 2.45) is 0 Å². The summed E-state index contributed by atoms with van der Waals surface area (Å²) < 4.78 is 5.49. The predicted octanol–water partition coefficient (Wildman–Crippen LogP) is 2.60. The van der Waals surface area contributed by atoms with Crippen LogP contribution in [0.5, 0.6) is 5.75 Å². The molecular weight excluding hydrogens is 200 g/mol. The van der Waals surface area contributed by atoms with Gasteiger partial charge in [-0.3, -0.25) is 4.90 Å². The van der Waals surface area contributed by atoms with Crippen LogP contribution >= 0.6 is 0 Å². The zero-order valence-electron chi connectivity index (χ0n) is 10.1. The minimum atomic E-state index is -0.194. The van der Waals surface area contributed by atoms with E-state index in [4.69, 9.17) is 10.00 Å². The van der Waals surface area contributed by atoms with Gasteiger partial charge in [-0.2, -0.15) is 5.26 Å². The molecule has 0 aromatic heterocycles. The third kappa shape index (κ3) is 3.25. The molecule has 0 saturated heterocycles. The van der Waals surface area contributed by atoms with Crippen molar-refractivity contribution in [3.05, 3.63) is 29.8 Å². The van der Waals surface area contributed by atoms with E-state index < -0.39 is 0 Å². The van der Waals surface area contributed by atoms with Crippen molar-refractivity contribution in [1.29, 1.82) is 5.26 Å². The fourth-order valence-electron chi connectivity index (χ4n) is 1.45. The molecule has 0 saturated carbocycles. The molecule has 86 valence electrons. The van der Waals surface area contributed by atoms with Crippen LogP contribution in [0.1, 0.15) is 24.9 Å². The zero-order valence-corrected chi connectivity index (χ0v) is 10.1. The van der Waals surface area contributed by atoms with Crippen LogP contribution in [0.25, 0.3) is 0 Å². The summed E-state index contributed by atoms with van der Waals surface area (Å²) in [5.74, 6) is 0.862. The molecule has 3 heteroatoms. The summed E-state index contributed by atoms with van der Waals surface area (Å²) in [6.45, 7) is 2.81. The molecule has 0 N–H and O–H groups in total. The van der Waals surface area contributed by atoms with Gasteiger partial charge in [0.15, 0.2) is 0 Å². The molecule has 0 fully saturated rings. The maximum Gasteiger partial charge on any atom is 0.123 e. The predicted molar refractivity (Wildman–Crippen MR) is 64.3 cm³/mol. The molecule has 0 aliphatic carbocycles. The first kappa shape index (κ1) is 12.5. The number of nitrogens with zero attached hydrogens (tertiary/aromatic N) is 2. The normalized spacial score (nSPS) is 12.2. The van der Waals surface area contributed by atoms with E-state index >= 15 is 0 Å². The first-order valence-electron chi connectivity index (χ1n) is 5.47. The van der Waals surface area contributed by atoms with Gasteiger partial charge in [-0.1, -0.05) is 19.1 Å². The van der Waals surface area contributed by atoms with E-state index in [9.17, 15) is 0 Å². The summed E-state index contributed by atoms with van der Waals surface area (Å²) in [4.78, 5) is 1.89. The van der Waals surface area contributed by atoms with Crippen LogP contribution in [0, 0.1) is 11.3 Å². The second-order valence-electron chi connectivity index (χ2n) is 3.91. The van der Waals surface area contributed by atoms with Crippen LogP contribution in [0.4, 0.5) is 0 Å². The van der Waals surface area contributed by atoms with Gasteiger partial charge in [-0.05, 0) is 38.2 Å². The largest absolute Gasteiger partial charge is 0.494 e. The minimum Gasteiger partial charge on any atom is -0.494 e. The summed E-state index contributed by atoms with van der Waals surface area (Å²) in [5, 5.41) is 9.04. The van der Waals surface area contributed by atoms with E-state index in [2.05, 4.69) is 13.0 Å². The fourth-order valence-corrected chi connectivity index (χ4v) is 1.45. The lowest BCUT2D eigenvalue weighted by molar-refractivity contribution is 0.316. The van der Waals surface area contributed by atoms with Gasteiger partial charge in [-0.25, -0.2) is 0 Å². The van der Waals surface area contributed by atoms with Crippen molar-refractivity contribution in [2.45, 2.75) is 19.4 Å². The average Bonchev–Trinajstić information content (AvgIpc) is 2.28. The standard InChI is InChI=1S/C13H18N2O/c1-4-9-16-12-7-5-11(6-8-12)13(10-14)15(2)3/h5-8,13H,4,9H2,1-3H3. The molecule has 0 aliphatic heterocycles. The van der Waals surface area contributed by atoms with Crippen molar-refractivity contribution < 1.29 is 4.74 Å². The Morgan fingerprint density at radius 3 is 2.38 bits per heavy atom. The molecule has 0 bridgehead atoms. The third-order valence-electron chi connectivity index (χ3n) is 2.31. The lowest BCUT2D eigenvalue weighted by Gasteiger charge is -2.17. The average molecular weight is 218 g/mol. The topological polar surface area (TPSA) is 36.3 Å². The highest BCUT2D eigenvalue weighted by Crippen LogP contribution is 2.20. The van der Waals surface area contributed by atoms with Gasteiger partial charge in [0.05, 0.1) is 12.7 Å². The molecule has 0 amide bonds. The monoisotopic (exact) mass is 218 g/mol. The Bertz CT molecular complexity index is 351. The highest BCUT2D eigenvalue weighted by molar-refractivity contribution is 5.31. The van der Waals surface area contributed by atoms with Crippen LogP contribution in [-0.4, -0.2) is 25.6 Å². The first-order valence-corrected chi connectivity index (χ1v) is 5.47. The number of rotatable bonds is 5. The Balaban J connectivity index is 2.74. The van der Waals surface area contributed by atoms with E-state index in [1.807, 2.05) is 43.3 Å². The summed E-state index contributed by atoms with van der Waals surface area (Å²) >= 11 is 0. The van der Waals surface area contributed by atoms with Crippen molar-refractivity contribution in [2.75, 3.05) is 20.7 Å². The Morgan fingerprint density at radius 1 is 1.31 bits per heavy atom. The Morgan fingerprint density at radius 2 is 1.94 bits per heavy atom. The SMILES string of the molecule is CCCOc1ccc(C(C#N)N(C)C)cc1. The molecule has 1 aromatic carbocycles. The number of hydrogen-bond acceptors (Lipinski definition) is 3. The second-order valence-corrected chi connectivity index (χ2v) is 3.91. The highest BCUT2D eigenvalue weighted by Gasteiger charge is 2.12. The minimum absolute atomic E-state index is 0.194. The van der Waals surface area contributed by atoms with E-state index in [1.54, 1.807) is 0 Å². The molecule has 1 rings (SSSR count). The van der Waals surface area contributed by atoms with Gasteiger partial charge in [0.25, 0.3) is 0 Å². The van der Waals surface area contributed by atoms with Gasteiger partial charge >= 0.3 is 0 Å². The van der Waals surface area contributed by atoms with Crippen LogP contribution in [0.3, 0.4) is 0 Å². The Hall–Kier alpha value is -1.53. The van der Waals surface area contributed by atoms with Crippen LogP contribution in [0.15, 0.2) is 24.3 Å². The Kier molecular flexibility index (Phi) is 4.81. The molecule has 1 unspecified atom stereocenters. The third-order valence-corrected chi connectivity index (χ3v) is 2.31. The van der Waals surface area contributed by atoms with Gasteiger partial charge in [0, 0.05) is 0 Å². The molecule has 0 radical (unpaired) electrons. The fraction of sp³-hybridized carbons (Fsp3) is 0.462. The number of ether oxygens (including phenoxy) is 1. The summed E-state index contributed by atoms with van der Waals surface area (Å²) in [6, 6.07) is 9.79. The van der Waals surface area contributed by atoms with E-state index in [-0.39, 0.29) is 6.04 Å². The first-order chi connectivity index (χ1) is 7.69. The van der Waals surface area contributed by atoms with Crippen LogP contribution in [-0.2, 0) is 0 Å². The van der Waals surface area contributed by atoms with Crippen molar-refractivity contribution >= 4 is 0 Å². The lowest BCUT2D eigenvalue weighted by atomic mass is 10.1. The molecule has 0 aliphatic rings. The zero-order chi connectivity index (χ0) is 12.0.